The first-order valence-electron chi connectivity index (χ1n) is 22.3. The van der Waals surface area contributed by atoms with Gasteiger partial charge in [0.2, 0.25) is 18.5 Å². The Labute approximate surface area is 363 Å². The number of benzene rings is 3. The molecule has 0 aromatic heterocycles. The standard InChI is InChI=1S/C49H59N3O10/c1-3-24-59-49-44(52(47(55)34-17-18-34)30-33-16-20-42-43(25-33)58-31-57-42)28-40(51-60-4-2)38-26-35(14-8-10-22-53)37(15-9-11-23-54)45(46(38)49)39-27-36(19-21-41(39)62-49)61-48(56)50-29-32-12-6-5-7-13-32/h3,5-7,12-13,16,19-21,25-27,34-35,37,44-46,53-54H,1,4,8-11,14-15,17-18,22-24,28-31H2,2H3,(H,50,56)/t35-,37+,44-,45+,46+,49+/m0/s1. The number of aliphatic hydroxyl groups is 2. The van der Waals surface area contributed by atoms with Gasteiger partial charge in [0.05, 0.1) is 18.2 Å². The first-order chi connectivity index (χ1) is 30.4. The zero-order valence-corrected chi connectivity index (χ0v) is 35.5. The molecule has 0 spiro atoms. The maximum Gasteiger partial charge on any atom is 0.412 e. The van der Waals surface area contributed by atoms with Crippen LogP contribution < -0.4 is 24.3 Å². The Hall–Kier alpha value is -5.37. The number of unbranched alkanes of at least 4 members (excludes halogenated alkanes) is 2. The van der Waals surface area contributed by atoms with Gasteiger partial charge in [0.1, 0.15) is 24.1 Å². The fourth-order valence-corrected chi connectivity index (χ4v) is 9.91. The number of hydrogen-bond donors (Lipinski definition) is 3. The summed E-state index contributed by atoms with van der Waals surface area (Å²) >= 11 is 0. The molecule has 13 heteroatoms. The number of ether oxygens (including phenoxy) is 5. The van der Waals surface area contributed by atoms with Gasteiger partial charge in [-0.2, -0.15) is 0 Å². The summed E-state index contributed by atoms with van der Waals surface area (Å²) in [5, 5.41) is 27.5. The summed E-state index contributed by atoms with van der Waals surface area (Å²) in [4.78, 5) is 35.9. The summed E-state index contributed by atoms with van der Waals surface area (Å²) in [6.45, 7) is 7.32. The van der Waals surface area contributed by atoms with E-state index in [1.807, 2.05) is 72.5 Å². The molecule has 13 nitrogen and oxygen atoms in total. The SMILES string of the molecule is C=CCO[C@@]12Oc3ccc(OC(=O)NCc4ccccc4)cc3[C@H]3[C@H](CCCCO)[C@@H](CCCCO)C=C(C(=NOCC)C[C@@H]1N(Cc1ccc4c(c1)OCO4)C(=O)C1CC1)[C@H]32. The van der Waals surface area contributed by atoms with Crippen LogP contribution in [0.3, 0.4) is 0 Å². The molecule has 62 heavy (non-hydrogen) atoms. The fourth-order valence-electron chi connectivity index (χ4n) is 9.91. The molecule has 3 aliphatic carbocycles. The van der Waals surface area contributed by atoms with E-state index in [2.05, 4.69) is 18.0 Å². The maximum absolute atomic E-state index is 14.8. The van der Waals surface area contributed by atoms with Crippen molar-refractivity contribution < 1.29 is 48.3 Å². The van der Waals surface area contributed by atoms with Gasteiger partial charge in [0, 0.05) is 50.1 Å². The van der Waals surface area contributed by atoms with Crippen LogP contribution in [0.2, 0.25) is 0 Å². The molecule has 2 fully saturated rings. The number of carbonyl (C=O) groups is 2. The Morgan fingerprint density at radius 3 is 2.48 bits per heavy atom. The lowest BCUT2D eigenvalue weighted by Crippen LogP contribution is -2.70. The van der Waals surface area contributed by atoms with Crippen molar-refractivity contribution in [2.24, 2.45) is 28.8 Å². The van der Waals surface area contributed by atoms with Crippen LogP contribution in [0.4, 0.5) is 4.79 Å². The highest BCUT2D eigenvalue weighted by Crippen LogP contribution is 2.62. The van der Waals surface area contributed by atoms with Gasteiger partial charge in [-0.3, -0.25) is 4.79 Å². The Morgan fingerprint density at radius 1 is 0.952 bits per heavy atom. The number of nitrogens with zero attached hydrogens (tertiary/aromatic N) is 2. The Kier molecular flexibility index (Phi) is 13.8. The molecule has 330 valence electrons. The van der Waals surface area contributed by atoms with Gasteiger partial charge in [0.15, 0.2) is 11.5 Å². The molecule has 0 radical (unpaired) electrons. The second-order valence-electron chi connectivity index (χ2n) is 16.8. The van der Waals surface area contributed by atoms with Gasteiger partial charge in [-0.15, -0.1) is 6.58 Å². The average molecular weight is 850 g/mol. The van der Waals surface area contributed by atoms with E-state index in [4.69, 9.17) is 33.7 Å². The number of fused-ring (bicyclic) bond motifs is 3. The average Bonchev–Trinajstić information content (AvgIpc) is 4.04. The van der Waals surface area contributed by atoms with E-state index in [0.29, 0.717) is 55.4 Å². The van der Waals surface area contributed by atoms with E-state index < -0.39 is 23.8 Å². The van der Waals surface area contributed by atoms with Gasteiger partial charge in [-0.25, -0.2) is 4.79 Å². The monoisotopic (exact) mass is 849 g/mol. The van der Waals surface area contributed by atoms with Crippen LogP contribution in [0, 0.1) is 23.7 Å². The van der Waals surface area contributed by atoms with E-state index in [9.17, 15) is 19.8 Å². The molecule has 2 amide bonds. The molecular formula is C49H59N3O10. The zero-order chi connectivity index (χ0) is 43.1. The van der Waals surface area contributed by atoms with E-state index in [1.54, 1.807) is 12.1 Å². The Bertz CT molecular complexity index is 2120. The van der Waals surface area contributed by atoms with Crippen LogP contribution in [0.25, 0.3) is 0 Å². The molecule has 8 rings (SSSR count). The summed E-state index contributed by atoms with van der Waals surface area (Å²) in [5.74, 6) is 0.0201. The molecule has 3 aromatic rings. The molecule has 0 bridgehead atoms. The van der Waals surface area contributed by atoms with Crippen molar-refractivity contribution in [3.05, 3.63) is 108 Å². The predicted molar refractivity (Wildman–Crippen MR) is 232 cm³/mol. The van der Waals surface area contributed by atoms with Gasteiger partial charge in [-0.05, 0) is 104 Å². The Balaban J connectivity index is 1.27. The van der Waals surface area contributed by atoms with E-state index >= 15 is 0 Å². The number of oxime groups is 1. The van der Waals surface area contributed by atoms with Gasteiger partial charge < -0.3 is 49.0 Å². The van der Waals surface area contributed by atoms with Crippen molar-refractivity contribution in [2.75, 3.05) is 33.2 Å². The minimum absolute atomic E-state index is 0.0130. The third kappa shape index (κ3) is 9.21. The van der Waals surface area contributed by atoms with Crippen molar-refractivity contribution in [3.8, 4) is 23.0 Å². The molecule has 3 aromatic carbocycles. The summed E-state index contributed by atoms with van der Waals surface area (Å²) in [6, 6.07) is 20.3. The van der Waals surface area contributed by atoms with Gasteiger partial charge in [0.25, 0.3) is 0 Å². The van der Waals surface area contributed by atoms with Crippen molar-refractivity contribution >= 4 is 17.7 Å². The molecule has 3 N–H and O–H groups in total. The lowest BCUT2D eigenvalue weighted by Gasteiger charge is -2.60. The molecule has 2 aliphatic heterocycles. The molecule has 0 unspecified atom stereocenters. The first-order valence-corrected chi connectivity index (χ1v) is 22.3. The highest BCUT2D eigenvalue weighted by atomic mass is 16.7. The van der Waals surface area contributed by atoms with Gasteiger partial charge >= 0.3 is 6.09 Å². The first kappa shape index (κ1) is 43.3. The lowest BCUT2D eigenvalue weighted by atomic mass is 9.55. The molecular weight excluding hydrogens is 791 g/mol. The third-order valence-corrected chi connectivity index (χ3v) is 12.8. The van der Waals surface area contributed by atoms with Crippen LogP contribution in [-0.4, -0.2) is 77.9 Å². The quantitative estimate of drug-likeness (QED) is 0.0583. The normalized spacial score (nSPS) is 24.9. The number of aliphatic hydroxyl groups excluding tert-OH is 2. The summed E-state index contributed by atoms with van der Waals surface area (Å²) in [6.07, 6.45) is 9.83. The highest BCUT2D eigenvalue weighted by molar-refractivity contribution is 6.03. The van der Waals surface area contributed by atoms with Gasteiger partial charge in [-0.1, -0.05) is 66.5 Å². The number of nitrogens with one attached hydrogen (secondary N) is 1. The van der Waals surface area contributed by atoms with Crippen LogP contribution >= 0.6 is 0 Å². The molecule has 2 heterocycles. The molecule has 5 aliphatic rings. The second kappa shape index (κ2) is 19.8. The minimum atomic E-state index is -1.41. The van der Waals surface area contributed by atoms with Crippen molar-refractivity contribution in [3.63, 3.8) is 0 Å². The topological polar surface area (TPSA) is 158 Å². The maximum atomic E-state index is 14.8. The summed E-state index contributed by atoms with van der Waals surface area (Å²) in [5.41, 5.74) is 4.35. The Morgan fingerprint density at radius 2 is 1.73 bits per heavy atom. The minimum Gasteiger partial charge on any atom is -0.459 e. The summed E-state index contributed by atoms with van der Waals surface area (Å²) in [7, 11) is 0. The number of hydrogen-bond acceptors (Lipinski definition) is 11. The molecule has 2 saturated carbocycles. The van der Waals surface area contributed by atoms with E-state index in [1.165, 1.54) is 0 Å². The van der Waals surface area contributed by atoms with E-state index in [0.717, 1.165) is 66.5 Å². The van der Waals surface area contributed by atoms with Crippen LogP contribution in [-0.2, 0) is 27.5 Å². The largest absolute Gasteiger partial charge is 0.459 e. The van der Waals surface area contributed by atoms with Crippen molar-refractivity contribution in [2.45, 2.75) is 95.5 Å². The van der Waals surface area contributed by atoms with Crippen LogP contribution in [0.5, 0.6) is 23.0 Å². The predicted octanol–water partition coefficient (Wildman–Crippen LogP) is 7.80. The number of rotatable bonds is 20. The van der Waals surface area contributed by atoms with Crippen molar-refractivity contribution in [1.29, 1.82) is 0 Å². The number of allylic oxidation sites excluding steroid dienone is 1. The highest BCUT2D eigenvalue weighted by Gasteiger charge is 2.66. The fraction of sp³-hybridized carbons (Fsp3) is 0.490. The van der Waals surface area contributed by atoms with Crippen molar-refractivity contribution in [1.82, 2.24) is 10.2 Å². The summed E-state index contributed by atoms with van der Waals surface area (Å²) < 4.78 is 31.8. The number of carbonyl (C=O) groups excluding carboxylic acids is 2. The molecule has 0 saturated heterocycles. The smallest absolute Gasteiger partial charge is 0.412 e. The van der Waals surface area contributed by atoms with E-state index in [-0.39, 0.29) is 62.7 Å². The molecule has 6 atom stereocenters. The third-order valence-electron chi connectivity index (χ3n) is 12.8. The lowest BCUT2D eigenvalue weighted by molar-refractivity contribution is -0.258. The van der Waals surface area contributed by atoms with Crippen LogP contribution in [0.1, 0.15) is 87.3 Å². The zero-order valence-electron chi connectivity index (χ0n) is 35.5. The number of amides is 2. The van der Waals surface area contributed by atoms with Crippen LogP contribution in [0.15, 0.2) is 96.2 Å². The second-order valence-corrected chi connectivity index (χ2v) is 16.8.